The summed E-state index contributed by atoms with van der Waals surface area (Å²) in [4.78, 5) is 35.1. The van der Waals surface area contributed by atoms with Crippen molar-refractivity contribution in [3.05, 3.63) is 59.7 Å². The number of nitrogens with zero attached hydrogens (tertiary/aromatic N) is 3. The number of benzene rings is 1. The van der Waals surface area contributed by atoms with Crippen molar-refractivity contribution in [3.63, 3.8) is 0 Å². The van der Waals surface area contributed by atoms with Crippen LogP contribution in [0.15, 0.2) is 42.7 Å². The molecule has 0 unspecified atom stereocenters. The Labute approximate surface area is 200 Å². The fraction of sp³-hybridized carbons (Fsp3) is 0.500. The quantitative estimate of drug-likeness (QED) is 0.574. The molecule has 1 aliphatic carbocycles. The Balaban J connectivity index is 1.28. The van der Waals surface area contributed by atoms with E-state index in [0.29, 0.717) is 38.1 Å². The summed E-state index contributed by atoms with van der Waals surface area (Å²) < 4.78 is 38.7. The van der Waals surface area contributed by atoms with E-state index in [1.807, 2.05) is 0 Å². The number of carbonyl (C=O) groups is 2. The second-order valence-electron chi connectivity index (χ2n) is 9.05. The molecule has 2 amide bonds. The zero-order chi connectivity index (χ0) is 25.1. The topological polar surface area (TPSA) is 107 Å². The molecule has 0 bridgehead atoms. The van der Waals surface area contributed by atoms with Crippen LogP contribution < -0.4 is 10.6 Å². The predicted octanol–water partition coefficient (Wildman–Crippen LogP) is 2.59. The average molecular weight is 492 g/mol. The maximum atomic E-state index is 12.9. The van der Waals surface area contributed by atoms with Gasteiger partial charge in [-0.1, -0.05) is 6.07 Å². The van der Waals surface area contributed by atoms with E-state index in [-0.39, 0.29) is 30.2 Å². The molecule has 1 aliphatic heterocycles. The van der Waals surface area contributed by atoms with Crippen LogP contribution in [0.3, 0.4) is 0 Å². The number of amides is 2. The lowest BCUT2D eigenvalue weighted by atomic mass is 9.81. The predicted molar refractivity (Wildman–Crippen MR) is 120 cm³/mol. The zero-order valence-electron chi connectivity index (χ0n) is 19.1. The van der Waals surface area contributed by atoms with Crippen LogP contribution in [0.2, 0.25) is 0 Å². The molecule has 0 spiro atoms. The Kier molecular flexibility index (Phi) is 7.36. The fourth-order valence-electron chi connectivity index (χ4n) is 4.73. The van der Waals surface area contributed by atoms with E-state index >= 15 is 0 Å². The van der Waals surface area contributed by atoms with Crippen LogP contribution in [0.1, 0.15) is 60.3 Å². The molecular formula is C24H28F3N5O3. The average Bonchev–Trinajstić information content (AvgIpc) is 3.32. The highest BCUT2D eigenvalue weighted by Crippen LogP contribution is 2.35. The molecule has 1 atom stereocenters. The number of aliphatic hydroxyl groups is 1. The number of rotatable bonds is 6. The summed E-state index contributed by atoms with van der Waals surface area (Å²) in [5.41, 5.74) is -2.13. The van der Waals surface area contributed by atoms with Crippen molar-refractivity contribution in [3.8, 4) is 0 Å². The number of aromatic nitrogens is 2. The van der Waals surface area contributed by atoms with Crippen molar-refractivity contribution >= 4 is 11.8 Å². The van der Waals surface area contributed by atoms with Crippen LogP contribution in [0.5, 0.6) is 0 Å². The fourth-order valence-corrected chi connectivity index (χ4v) is 4.73. The van der Waals surface area contributed by atoms with Gasteiger partial charge in [-0.15, -0.1) is 0 Å². The minimum atomic E-state index is -4.55. The maximum absolute atomic E-state index is 12.9. The van der Waals surface area contributed by atoms with Gasteiger partial charge in [0.25, 0.3) is 5.91 Å². The van der Waals surface area contributed by atoms with E-state index in [2.05, 4.69) is 20.6 Å². The Morgan fingerprint density at radius 3 is 2.51 bits per heavy atom. The molecule has 2 heterocycles. The van der Waals surface area contributed by atoms with Gasteiger partial charge in [-0.2, -0.15) is 13.2 Å². The lowest BCUT2D eigenvalue weighted by Crippen LogP contribution is -2.52. The summed E-state index contributed by atoms with van der Waals surface area (Å²) >= 11 is 0. The second-order valence-corrected chi connectivity index (χ2v) is 9.05. The normalized spacial score (nSPS) is 24.9. The third-order valence-corrected chi connectivity index (χ3v) is 6.65. The third kappa shape index (κ3) is 5.96. The first-order valence-electron chi connectivity index (χ1n) is 11.7. The molecule has 8 nitrogen and oxygen atoms in total. The largest absolute Gasteiger partial charge is 0.416 e. The molecule has 2 fully saturated rings. The van der Waals surface area contributed by atoms with Crippen molar-refractivity contribution in [1.82, 2.24) is 25.5 Å². The Morgan fingerprint density at radius 1 is 1.11 bits per heavy atom. The van der Waals surface area contributed by atoms with Gasteiger partial charge in [-0.05, 0) is 62.8 Å². The van der Waals surface area contributed by atoms with Crippen LogP contribution in [-0.4, -0.2) is 57.1 Å². The first-order valence-corrected chi connectivity index (χ1v) is 11.7. The van der Waals surface area contributed by atoms with E-state index in [1.165, 1.54) is 6.07 Å². The first kappa shape index (κ1) is 25.1. The lowest BCUT2D eigenvalue weighted by Gasteiger charge is -2.37. The summed E-state index contributed by atoms with van der Waals surface area (Å²) in [6.45, 7) is 0.230. The molecule has 4 rings (SSSR count). The summed E-state index contributed by atoms with van der Waals surface area (Å²) in [7, 11) is 0. The van der Waals surface area contributed by atoms with E-state index < -0.39 is 23.2 Å². The Hall–Kier alpha value is -3.05. The number of hydrogen-bond donors (Lipinski definition) is 3. The molecule has 35 heavy (non-hydrogen) atoms. The van der Waals surface area contributed by atoms with Crippen molar-refractivity contribution < 1.29 is 27.9 Å². The van der Waals surface area contributed by atoms with Gasteiger partial charge in [0, 0.05) is 30.5 Å². The summed E-state index contributed by atoms with van der Waals surface area (Å²) in [6, 6.07) is 5.91. The van der Waals surface area contributed by atoms with Crippen LogP contribution in [0.4, 0.5) is 13.2 Å². The number of carbonyl (C=O) groups excluding carboxylic acids is 2. The van der Waals surface area contributed by atoms with E-state index in [9.17, 15) is 27.9 Å². The molecular weight excluding hydrogens is 463 g/mol. The molecule has 2 aromatic rings. The minimum Gasteiger partial charge on any atom is -0.382 e. The summed E-state index contributed by atoms with van der Waals surface area (Å²) in [5.74, 6) is -0.610. The molecule has 1 aromatic heterocycles. The molecule has 1 aromatic carbocycles. The molecule has 1 saturated carbocycles. The van der Waals surface area contributed by atoms with E-state index in [4.69, 9.17) is 0 Å². The maximum Gasteiger partial charge on any atom is 0.416 e. The van der Waals surface area contributed by atoms with Gasteiger partial charge in [-0.3, -0.25) is 14.9 Å². The zero-order valence-corrected chi connectivity index (χ0v) is 19.1. The van der Waals surface area contributed by atoms with Crippen LogP contribution in [-0.2, 0) is 16.6 Å². The molecule has 2 aliphatic rings. The number of likely N-dealkylation sites (tertiary alicyclic amines) is 1. The van der Waals surface area contributed by atoms with E-state index in [0.717, 1.165) is 31.0 Å². The van der Waals surface area contributed by atoms with Gasteiger partial charge < -0.3 is 15.3 Å². The standard InChI is InChI=1S/C24H28F3N5O3/c25-24(26,27)17-5-1-4-16(14-17)21(34)30-15-20(33)32-13-2-6-19(32)31-18-7-9-23(35,10-8-18)22-28-11-3-12-29-22/h1,3-5,11-12,14,18-19,31,35H,2,6-10,13,15H2,(H,30,34)/t18?,19-,23?/m0/s1. The van der Waals surface area contributed by atoms with Crippen molar-refractivity contribution in [2.45, 2.75) is 62.5 Å². The SMILES string of the molecule is O=C(NCC(=O)N1CCC[C@H]1NC1CCC(O)(c2ncccn2)CC1)c1cccc(C(F)(F)F)c1. The highest BCUT2D eigenvalue weighted by molar-refractivity contribution is 5.96. The Bertz CT molecular complexity index is 1040. The highest BCUT2D eigenvalue weighted by atomic mass is 19.4. The molecule has 3 N–H and O–H groups in total. The number of hydrogen-bond acceptors (Lipinski definition) is 6. The molecule has 11 heteroatoms. The van der Waals surface area contributed by atoms with Gasteiger partial charge in [0.2, 0.25) is 5.91 Å². The van der Waals surface area contributed by atoms with E-state index in [1.54, 1.807) is 23.4 Å². The summed E-state index contributed by atoms with van der Waals surface area (Å²) in [6.07, 6.45) is 2.43. The summed E-state index contributed by atoms with van der Waals surface area (Å²) in [5, 5.41) is 16.9. The van der Waals surface area contributed by atoms with Gasteiger partial charge in [0.15, 0.2) is 5.82 Å². The van der Waals surface area contributed by atoms with Gasteiger partial charge in [0.05, 0.1) is 18.3 Å². The minimum absolute atomic E-state index is 0.108. The highest BCUT2D eigenvalue weighted by Gasteiger charge is 2.39. The van der Waals surface area contributed by atoms with Gasteiger partial charge in [0.1, 0.15) is 5.60 Å². The number of nitrogens with one attached hydrogen (secondary N) is 2. The van der Waals surface area contributed by atoms with Crippen molar-refractivity contribution in [2.75, 3.05) is 13.1 Å². The number of alkyl halides is 3. The van der Waals surface area contributed by atoms with Gasteiger partial charge >= 0.3 is 6.18 Å². The van der Waals surface area contributed by atoms with Crippen molar-refractivity contribution in [2.24, 2.45) is 0 Å². The van der Waals surface area contributed by atoms with Crippen LogP contribution in [0.25, 0.3) is 0 Å². The smallest absolute Gasteiger partial charge is 0.382 e. The molecule has 1 saturated heterocycles. The second kappa shape index (κ2) is 10.3. The lowest BCUT2D eigenvalue weighted by molar-refractivity contribution is -0.137. The Morgan fingerprint density at radius 2 is 1.83 bits per heavy atom. The first-order chi connectivity index (χ1) is 16.7. The van der Waals surface area contributed by atoms with Crippen LogP contribution in [0, 0.1) is 0 Å². The number of halogens is 3. The van der Waals surface area contributed by atoms with Crippen molar-refractivity contribution in [1.29, 1.82) is 0 Å². The van der Waals surface area contributed by atoms with Gasteiger partial charge in [-0.25, -0.2) is 9.97 Å². The molecule has 0 radical (unpaired) electrons. The molecule has 188 valence electrons. The third-order valence-electron chi connectivity index (χ3n) is 6.65. The monoisotopic (exact) mass is 491 g/mol. The van der Waals surface area contributed by atoms with Crippen LogP contribution >= 0.6 is 0 Å².